The summed E-state index contributed by atoms with van der Waals surface area (Å²) in [6.45, 7) is 2.00. The van der Waals surface area contributed by atoms with Crippen molar-refractivity contribution in [2.75, 3.05) is 0 Å². The molecule has 108 valence electrons. The number of hydrogen-bond donors (Lipinski definition) is 1. The van der Waals surface area contributed by atoms with Crippen LogP contribution in [0.4, 0.5) is 0 Å². The summed E-state index contributed by atoms with van der Waals surface area (Å²) >= 11 is 13.3. The van der Waals surface area contributed by atoms with E-state index < -0.39 is 5.69 Å². The monoisotopic (exact) mass is 340 g/mol. The van der Waals surface area contributed by atoms with Crippen molar-refractivity contribution in [1.82, 2.24) is 9.55 Å². The van der Waals surface area contributed by atoms with E-state index in [1.807, 2.05) is 6.92 Å². The molecular formula is C14H10Cl2N2O2S. The Labute approximate surface area is 133 Å². The number of rotatable bonds is 2. The molecule has 2 aromatic heterocycles. The Morgan fingerprint density at radius 3 is 2.71 bits per heavy atom. The zero-order valence-corrected chi connectivity index (χ0v) is 13.3. The lowest BCUT2D eigenvalue weighted by Crippen LogP contribution is -2.34. The highest BCUT2D eigenvalue weighted by atomic mass is 35.5. The Morgan fingerprint density at radius 2 is 2.00 bits per heavy atom. The Kier molecular flexibility index (Phi) is 3.65. The van der Waals surface area contributed by atoms with E-state index in [9.17, 15) is 9.59 Å². The number of H-pyrrole nitrogens is 1. The summed E-state index contributed by atoms with van der Waals surface area (Å²) in [6, 6.07) is 6.75. The number of nitrogens with zero attached hydrogens (tertiary/aromatic N) is 1. The molecule has 1 aromatic carbocycles. The molecule has 3 aromatic rings. The number of nitrogens with one attached hydrogen (secondary N) is 1. The number of aryl methyl sites for hydroxylation is 1. The molecule has 2 heterocycles. The Hall–Kier alpha value is -1.56. The first-order chi connectivity index (χ1) is 9.95. The van der Waals surface area contributed by atoms with Crippen LogP contribution >= 0.6 is 34.5 Å². The van der Waals surface area contributed by atoms with E-state index in [2.05, 4.69) is 4.98 Å². The molecule has 0 fully saturated rings. The van der Waals surface area contributed by atoms with Gasteiger partial charge in [0.05, 0.1) is 11.9 Å². The summed E-state index contributed by atoms with van der Waals surface area (Å²) < 4.78 is 1.14. The molecule has 0 spiro atoms. The first-order valence-electron chi connectivity index (χ1n) is 6.13. The Morgan fingerprint density at radius 1 is 1.24 bits per heavy atom. The molecule has 0 amide bonds. The van der Waals surface area contributed by atoms with E-state index in [0.29, 0.717) is 25.8 Å². The fraction of sp³-hybridized carbons (Fsp3) is 0.143. The van der Waals surface area contributed by atoms with Crippen LogP contribution in [-0.4, -0.2) is 9.55 Å². The van der Waals surface area contributed by atoms with Gasteiger partial charge in [0.25, 0.3) is 5.56 Å². The molecule has 4 nitrogen and oxygen atoms in total. The van der Waals surface area contributed by atoms with Crippen molar-refractivity contribution < 1.29 is 0 Å². The molecule has 0 saturated heterocycles. The molecular weight excluding hydrogens is 331 g/mol. The van der Waals surface area contributed by atoms with Gasteiger partial charge in [-0.15, -0.1) is 11.3 Å². The normalized spacial score (nSPS) is 11.2. The average molecular weight is 341 g/mol. The van der Waals surface area contributed by atoms with Gasteiger partial charge in [-0.05, 0) is 30.7 Å². The SMILES string of the molecule is Cc1cc2c(=O)n(Cc3ccc(Cl)cc3Cl)c(=O)[nH]c2s1. The number of thiophene rings is 1. The van der Waals surface area contributed by atoms with Gasteiger partial charge in [-0.1, -0.05) is 29.3 Å². The molecule has 1 N–H and O–H groups in total. The summed E-state index contributed by atoms with van der Waals surface area (Å²) in [5.74, 6) is 0. The van der Waals surface area contributed by atoms with Crippen LogP contribution in [0.5, 0.6) is 0 Å². The third-order valence-corrected chi connectivity index (χ3v) is 4.69. The second-order valence-corrected chi connectivity index (χ2v) is 6.76. The standard InChI is InChI=1S/C14H10Cl2N2O2S/c1-7-4-10-12(21-7)17-14(20)18(13(10)19)6-8-2-3-9(15)5-11(8)16/h2-5H,6H2,1H3,(H,17,20). The van der Waals surface area contributed by atoms with Crippen LogP contribution in [0.25, 0.3) is 10.2 Å². The maximum Gasteiger partial charge on any atom is 0.329 e. The van der Waals surface area contributed by atoms with Crippen LogP contribution < -0.4 is 11.2 Å². The Bertz CT molecular complexity index is 956. The lowest BCUT2D eigenvalue weighted by Gasteiger charge is -2.07. The topological polar surface area (TPSA) is 54.9 Å². The van der Waals surface area contributed by atoms with Gasteiger partial charge in [-0.3, -0.25) is 14.3 Å². The van der Waals surface area contributed by atoms with Crippen molar-refractivity contribution in [3.8, 4) is 0 Å². The first-order valence-corrected chi connectivity index (χ1v) is 7.70. The number of hydrogen-bond acceptors (Lipinski definition) is 3. The van der Waals surface area contributed by atoms with Gasteiger partial charge >= 0.3 is 5.69 Å². The van der Waals surface area contributed by atoms with Crippen molar-refractivity contribution in [3.63, 3.8) is 0 Å². The van der Waals surface area contributed by atoms with Crippen LogP contribution in [0.1, 0.15) is 10.4 Å². The van der Waals surface area contributed by atoms with Gasteiger partial charge in [-0.2, -0.15) is 0 Å². The van der Waals surface area contributed by atoms with Gasteiger partial charge in [0.2, 0.25) is 0 Å². The zero-order valence-electron chi connectivity index (χ0n) is 10.9. The Balaban J connectivity index is 2.16. The van der Waals surface area contributed by atoms with Crippen LogP contribution in [0.3, 0.4) is 0 Å². The number of halogens is 2. The molecule has 0 radical (unpaired) electrons. The fourth-order valence-electron chi connectivity index (χ4n) is 2.13. The molecule has 0 aliphatic carbocycles. The van der Waals surface area contributed by atoms with Gasteiger partial charge < -0.3 is 0 Å². The van der Waals surface area contributed by atoms with Gasteiger partial charge in [0.15, 0.2) is 0 Å². The van der Waals surface area contributed by atoms with Crippen molar-refractivity contribution in [1.29, 1.82) is 0 Å². The summed E-state index contributed by atoms with van der Waals surface area (Å²) in [5.41, 5.74) is -0.0931. The summed E-state index contributed by atoms with van der Waals surface area (Å²) in [5, 5.41) is 1.45. The number of fused-ring (bicyclic) bond motifs is 1. The lowest BCUT2D eigenvalue weighted by atomic mass is 10.2. The van der Waals surface area contributed by atoms with E-state index in [1.165, 1.54) is 11.3 Å². The quantitative estimate of drug-likeness (QED) is 0.777. The number of aromatic amines is 1. The summed E-state index contributed by atoms with van der Waals surface area (Å²) in [7, 11) is 0. The minimum Gasteiger partial charge on any atom is -0.298 e. The van der Waals surface area contributed by atoms with Crippen molar-refractivity contribution in [2.24, 2.45) is 0 Å². The second kappa shape index (κ2) is 5.33. The highest BCUT2D eigenvalue weighted by Crippen LogP contribution is 2.22. The van der Waals surface area contributed by atoms with Gasteiger partial charge in [-0.25, -0.2) is 4.79 Å². The molecule has 21 heavy (non-hydrogen) atoms. The maximum atomic E-state index is 12.4. The minimum atomic E-state index is -0.444. The van der Waals surface area contributed by atoms with Gasteiger partial charge in [0, 0.05) is 14.9 Å². The summed E-state index contributed by atoms with van der Waals surface area (Å²) in [6.07, 6.45) is 0. The predicted octanol–water partition coefficient (Wildman–Crippen LogP) is 3.41. The molecule has 3 rings (SSSR count). The van der Waals surface area contributed by atoms with E-state index in [1.54, 1.807) is 24.3 Å². The second-order valence-electron chi connectivity index (χ2n) is 4.66. The fourth-order valence-corrected chi connectivity index (χ4v) is 3.49. The van der Waals surface area contributed by atoms with Crippen molar-refractivity contribution in [2.45, 2.75) is 13.5 Å². The van der Waals surface area contributed by atoms with E-state index >= 15 is 0 Å². The molecule has 7 heteroatoms. The minimum absolute atomic E-state index is 0.106. The predicted molar refractivity (Wildman–Crippen MR) is 87.0 cm³/mol. The van der Waals surface area contributed by atoms with E-state index in [4.69, 9.17) is 23.2 Å². The largest absolute Gasteiger partial charge is 0.329 e. The molecule has 0 aliphatic heterocycles. The van der Waals surface area contributed by atoms with Gasteiger partial charge in [0.1, 0.15) is 4.83 Å². The van der Waals surface area contributed by atoms with Crippen LogP contribution in [0, 0.1) is 6.92 Å². The smallest absolute Gasteiger partial charge is 0.298 e. The molecule has 0 bridgehead atoms. The third kappa shape index (κ3) is 2.64. The number of benzene rings is 1. The first kappa shape index (κ1) is 14.4. The third-order valence-electron chi connectivity index (χ3n) is 3.14. The maximum absolute atomic E-state index is 12.4. The average Bonchev–Trinajstić information content (AvgIpc) is 2.77. The van der Waals surface area contributed by atoms with Crippen molar-refractivity contribution in [3.05, 3.63) is 65.6 Å². The van der Waals surface area contributed by atoms with Crippen LogP contribution in [-0.2, 0) is 6.54 Å². The molecule has 0 saturated carbocycles. The van der Waals surface area contributed by atoms with Crippen LogP contribution in [0.15, 0.2) is 33.9 Å². The number of aromatic nitrogens is 2. The van der Waals surface area contributed by atoms with Crippen molar-refractivity contribution >= 4 is 44.8 Å². The molecule has 0 aliphatic rings. The summed E-state index contributed by atoms with van der Waals surface area (Å²) in [4.78, 5) is 28.8. The molecule has 0 unspecified atom stereocenters. The lowest BCUT2D eigenvalue weighted by molar-refractivity contribution is 0.713. The van der Waals surface area contributed by atoms with E-state index in [0.717, 1.165) is 9.44 Å². The highest BCUT2D eigenvalue weighted by Gasteiger charge is 2.12. The molecule has 0 atom stereocenters. The van der Waals surface area contributed by atoms with E-state index in [-0.39, 0.29) is 12.1 Å². The zero-order chi connectivity index (χ0) is 15.1. The van der Waals surface area contributed by atoms with Crippen LogP contribution in [0.2, 0.25) is 10.0 Å². The highest BCUT2D eigenvalue weighted by molar-refractivity contribution is 7.18.